The molecular formula is C26H45N3O4Si2. The lowest BCUT2D eigenvalue weighted by atomic mass is 9.99. The largest absolute Gasteiger partial charge is 0.415 e. The fraction of sp³-hybridized carbons (Fsp3) is 0.654. The van der Waals surface area contributed by atoms with Crippen molar-refractivity contribution < 1.29 is 13.8 Å². The van der Waals surface area contributed by atoms with Gasteiger partial charge in [-0.1, -0.05) is 59.7 Å². The standard InChI is InChI=1S/C26H45N3O4Si2/c1-24(2,3)34(9,10)32-18-22(26(7,8)33-35(11,12)25(4,5)6)28-23-19-15-13-14-16-20(19)27-17-21(23)29(30)31/h13-17,22H,18H2,1-12H3,(H,27,28)/t22-/m1/s1. The maximum absolute atomic E-state index is 12.0. The lowest BCUT2D eigenvalue weighted by Gasteiger charge is -2.47. The first-order valence-corrected chi connectivity index (χ1v) is 18.1. The van der Waals surface area contributed by atoms with Crippen molar-refractivity contribution in [3.63, 3.8) is 0 Å². The molecule has 0 spiro atoms. The first kappa shape index (κ1) is 29.4. The molecule has 7 nitrogen and oxygen atoms in total. The molecule has 0 amide bonds. The molecule has 196 valence electrons. The monoisotopic (exact) mass is 519 g/mol. The molecule has 0 fully saturated rings. The summed E-state index contributed by atoms with van der Waals surface area (Å²) in [6.07, 6.45) is 1.33. The summed E-state index contributed by atoms with van der Waals surface area (Å²) < 4.78 is 13.6. The van der Waals surface area contributed by atoms with Crippen molar-refractivity contribution in [2.45, 2.75) is 103 Å². The molecule has 9 heteroatoms. The summed E-state index contributed by atoms with van der Waals surface area (Å²) in [5.74, 6) is 0. The van der Waals surface area contributed by atoms with E-state index >= 15 is 0 Å². The third kappa shape index (κ3) is 6.69. The van der Waals surface area contributed by atoms with Crippen LogP contribution in [0.4, 0.5) is 11.4 Å². The number of anilines is 1. The van der Waals surface area contributed by atoms with Crippen LogP contribution < -0.4 is 5.32 Å². The van der Waals surface area contributed by atoms with E-state index in [9.17, 15) is 10.1 Å². The molecule has 0 aliphatic rings. The second-order valence-electron chi connectivity index (χ2n) is 13.0. The lowest BCUT2D eigenvalue weighted by molar-refractivity contribution is -0.384. The van der Waals surface area contributed by atoms with Crippen LogP contribution in [0.25, 0.3) is 10.9 Å². The topological polar surface area (TPSA) is 86.5 Å². The number of aromatic nitrogens is 1. The minimum absolute atomic E-state index is 0.0183. The van der Waals surface area contributed by atoms with Crippen molar-refractivity contribution in [2.24, 2.45) is 0 Å². The molecule has 0 saturated heterocycles. The van der Waals surface area contributed by atoms with Crippen LogP contribution in [0, 0.1) is 10.1 Å². The highest BCUT2D eigenvalue weighted by Gasteiger charge is 2.46. The Hall–Kier alpha value is -1.82. The SMILES string of the molecule is CC(C)(O[Si](C)(C)C(C)(C)C)[C@@H](CO[Si](C)(C)C(C)(C)C)Nc1c([N+](=O)[O-])cnc2ccccc12. The van der Waals surface area contributed by atoms with Crippen LogP contribution >= 0.6 is 0 Å². The molecule has 1 N–H and O–H groups in total. The minimum atomic E-state index is -2.15. The second kappa shape index (κ2) is 9.91. The summed E-state index contributed by atoms with van der Waals surface area (Å²) in [7, 11) is -4.23. The first-order chi connectivity index (χ1) is 15.7. The van der Waals surface area contributed by atoms with E-state index in [1.54, 1.807) is 0 Å². The summed E-state index contributed by atoms with van der Waals surface area (Å²) in [5, 5.41) is 16.3. The Morgan fingerprint density at radius 3 is 2.03 bits per heavy atom. The fourth-order valence-corrected chi connectivity index (χ4v) is 6.18. The average molecular weight is 520 g/mol. The van der Waals surface area contributed by atoms with E-state index in [0.717, 1.165) is 0 Å². The Balaban J connectivity index is 2.59. The van der Waals surface area contributed by atoms with Crippen molar-refractivity contribution >= 4 is 38.9 Å². The van der Waals surface area contributed by atoms with E-state index in [-0.39, 0.29) is 26.7 Å². The van der Waals surface area contributed by atoms with Gasteiger partial charge in [0.2, 0.25) is 0 Å². The third-order valence-corrected chi connectivity index (χ3v) is 17.0. The Bertz CT molecular complexity index is 1060. The van der Waals surface area contributed by atoms with Crippen LogP contribution in [0.5, 0.6) is 0 Å². The van der Waals surface area contributed by atoms with E-state index in [4.69, 9.17) is 8.85 Å². The predicted molar refractivity (Wildman–Crippen MR) is 151 cm³/mol. The molecule has 0 saturated carbocycles. The molecule has 1 atom stereocenters. The minimum Gasteiger partial charge on any atom is -0.415 e. The Morgan fingerprint density at radius 1 is 0.971 bits per heavy atom. The van der Waals surface area contributed by atoms with E-state index in [1.807, 2.05) is 24.3 Å². The highest BCUT2D eigenvalue weighted by molar-refractivity contribution is 6.74. The number of nitrogens with zero attached hydrogens (tertiary/aromatic N) is 2. The number of nitro groups is 1. The zero-order valence-corrected chi connectivity index (χ0v) is 25.7. The maximum atomic E-state index is 12.0. The van der Waals surface area contributed by atoms with Gasteiger partial charge < -0.3 is 14.2 Å². The molecule has 0 bridgehead atoms. The molecule has 1 aromatic heterocycles. The molecule has 35 heavy (non-hydrogen) atoms. The molecular weight excluding hydrogens is 474 g/mol. The normalized spacial score (nSPS) is 14.7. The number of nitrogens with one attached hydrogen (secondary N) is 1. The summed E-state index contributed by atoms with van der Waals surface area (Å²) in [5.41, 5.74) is 0.456. The molecule has 0 aliphatic carbocycles. The van der Waals surface area contributed by atoms with Gasteiger partial charge in [0.1, 0.15) is 11.9 Å². The number of benzene rings is 1. The van der Waals surface area contributed by atoms with Crippen molar-refractivity contribution in [3.05, 3.63) is 40.6 Å². The molecule has 1 heterocycles. The number of hydrogen-bond acceptors (Lipinski definition) is 6. The van der Waals surface area contributed by atoms with Crippen molar-refractivity contribution in [3.8, 4) is 0 Å². The first-order valence-electron chi connectivity index (χ1n) is 12.3. The van der Waals surface area contributed by atoms with E-state index in [1.165, 1.54) is 6.20 Å². The Kier molecular flexibility index (Phi) is 8.33. The quantitative estimate of drug-likeness (QED) is 0.207. The average Bonchev–Trinajstić information content (AvgIpc) is 2.68. The fourth-order valence-electron chi connectivity index (χ4n) is 3.40. The van der Waals surface area contributed by atoms with Crippen LogP contribution in [0.3, 0.4) is 0 Å². The van der Waals surface area contributed by atoms with E-state index in [0.29, 0.717) is 23.2 Å². The van der Waals surface area contributed by atoms with Gasteiger partial charge in [-0.15, -0.1) is 0 Å². The molecule has 0 unspecified atom stereocenters. The Labute approximate surface area is 213 Å². The molecule has 0 radical (unpaired) electrons. The highest BCUT2D eigenvalue weighted by atomic mass is 28.4. The Morgan fingerprint density at radius 2 is 1.51 bits per heavy atom. The van der Waals surface area contributed by atoms with Crippen LogP contribution in [0.15, 0.2) is 30.5 Å². The van der Waals surface area contributed by atoms with Gasteiger partial charge in [-0.25, -0.2) is 4.98 Å². The van der Waals surface area contributed by atoms with Gasteiger partial charge in [0, 0.05) is 5.39 Å². The van der Waals surface area contributed by atoms with Gasteiger partial charge in [0.25, 0.3) is 0 Å². The summed E-state index contributed by atoms with van der Waals surface area (Å²) in [6, 6.07) is 7.16. The number of para-hydroxylation sites is 1. The highest BCUT2D eigenvalue weighted by Crippen LogP contribution is 2.42. The van der Waals surface area contributed by atoms with Gasteiger partial charge in [0.15, 0.2) is 16.6 Å². The third-order valence-electron chi connectivity index (χ3n) is 7.85. The number of hydrogen-bond donors (Lipinski definition) is 1. The maximum Gasteiger partial charge on any atom is 0.311 e. The van der Waals surface area contributed by atoms with Gasteiger partial charge in [-0.3, -0.25) is 10.1 Å². The molecule has 1 aromatic carbocycles. The van der Waals surface area contributed by atoms with Gasteiger partial charge in [-0.2, -0.15) is 0 Å². The van der Waals surface area contributed by atoms with Crippen molar-refractivity contribution in [1.82, 2.24) is 4.98 Å². The number of fused-ring (bicyclic) bond motifs is 1. The zero-order chi connectivity index (χ0) is 27.0. The van der Waals surface area contributed by atoms with Crippen molar-refractivity contribution in [2.75, 3.05) is 11.9 Å². The lowest BCUT2D eigenvalue weighted by Crippen LogP contribution is -2.57. The molecule has 2 aromatic rings. The van der Waals surface area contributed by atoms with Crippen LogP contribution in [0.1, 0.15) is 55.4 Å². The number of rotatable bonds is 9. The summed E-state index contributed by atoms with van der Waals surface area (Å²) in [6.45, 7) is 26.7. The van der Waals surface area contributed by atoms with Crippen LogP contribution in [-0.4, -0.2) is 44.8 Å². The van der Waals surface area contributed by atoms with Crippen molar-refractivity contribution in [1.29, 1.82) is 0 Å². The van der Waals surface area contributed by atoms with Gasteiger partial charge in [-0.05, 0) is 56.2 Å². The van der Waals surface area contributed by atoms with E-state index < -0.39 is 22.2 Å². The van der Waals surface area contributed by atoms with Gasteiger partial charge >= 0.3 is 5.69 Å². The van der Waals surface area contributed by atoms with E-state index in [2.05, 4.69) is 91.9 Å². The number of pyridine rings is 1. The van der Waals surface area contributed by atoms with Gasteiger partial charge in [0.05, 0.1) is 28.7 Å². The molecule has 0 aliphatic heterocycles. The predicted octanol–water partition coefficient (Wildman–Crippen LogP) is 7.75. The summed E-state index contributed by atoms with van der Waals surface area (Å²) in [4.78, 5) is 15.9. The molecule has 2 rings (SSSR count). The second-order valence-corrected chi connectivity index (χ2v) is 22.6. The smallest absolute Gasteiger partial charge is 0.311 e. The van der Waals surface area contributed by atoms with Crippen LogP contribution in [-0.2, 0) is 8.85 Å². The summed E-state index contributed by atoms with van der Waals surface area (Å²) >= 11 is 0. The van der Waals surface area contributed by atoms with Crippen LogP contribution in [0.2, 0.25) is 36.3 Å². The zero-order valence-electron chi connectivity index (χ0n) is 23.7.